The summed E-state index contributed by atoms with van der Waals surface area (Å²) in [6.07, 6.45) is 1.31. The second kappa shape index (κ2) is 10.0. The van der Waals surface area contributed by atoms with Crippen molar-refractivity contribution in [2.24, 2.45) is 5.92 Å². The van der Waals surface area contributed by atoms with E-state index in [1.165, 1.54) is 6.07 Å². The van der Waals surface area contributed by atoms with Crippen LogP contribution in [0.1, 0.15) is 66.7 Å². The summed E-state index contributed by atoms with van der Waals surface area (Å²) < 4.78 is 14.7. The first kappa shape index (κ1) is 24.6. The molecule has 2 amide bonds. The lowest BCUT2D eigenvalue weighted by molar-refractivity contribution is -0.123. The summed E-state index contributed by atoms with van der Waals surface area (Å²) in [7, 11) is 0. The van der Waals surface area contributed by atoms with E-state index in [-0.39, 0.29) is 22.8 Å². The normalized spacial score (nSPS) is 18.3. The molecule has 0 aliphatic carbocycles. The third-order valence-corrected chi connectivity index (χ3v) is 6.80. The van der Waals surface area contributed by atoms with Crippen molar-refractivity contribution in [1.29, 1.82) is 0 Å². The van der Waals surface area contributed by atoms with Gasteiger partial charge in [-0.15, -0.1) is 0 Å². The maximum Gasteiger partial charge on any atom is 0.257 e. The molecule has 3 aromatic carbocycles. The van der Waals surface area contributed by atoms with Crippen LogP contribution < -0.4 is 5.32 Å². The molecule has 35 heavy (non-hydrogen) atoms. The molecule has 1 N–H and O–H groups in total. The number of anilines is 1. The van der Waals surface area contributed by atoms with Crippen molar-refractivity contribution >= 4 is 17.5 Å². The van der Waals surface area contributed by atoms with Crippen LogP contribution in [0, 0.1) is 18.7 Å². The van der Waals surface area contributed by atoms with Crippen LogP contribution in [0.5, 0.6) is 0 Å². The van der Waals surface area contributed by atoms with Crippen LogP contribution in [0.15, 0.2) is 72.8 Å². The van der Waals surface area contributed by atoms with Gasteiger partial charge in [0.2, 0.25) is 5.91 Å². The van der Waals surface area contributed by atoms with Crippen molar-refractivity contribution in [3.05, 3.63) is 101 Å². The average Bonchev–Trinajstić information content (AvgIpc) is 2.83. The smallest absolute Gasteiger partial charge is 0.257 e. The number of carbonyl (C=O) groups is 2. The second-order valence-corrected chi connectivity index (χ2v) is 10.4. The predicted octanol–water partition coefficient (Wildman–Crippen LogP) is 6.66. The molecule has 1 aliphatic heterocycles. The first-order valence-electron chi connectivity index (χ1n) is 12.2. The van der Waals surface area contributed by atoms with Gasteiger partial charge < -0.3 is 10.2 Å². The first-order chi connectivity index (χ1) is 16.7. The minimum absolute atomic E-state index is 0.0427. The summed E-state index contributed by atoms with van der Waals surface area (Å²) in [5, 5.41) is 3.09. The van der Waals surface area contributed by atoms with E-state index in [4.69, 9.17) is 0 Å². The van der Waals surface area contributed by atoms with Crippen LogP contribution in [0.2, 0.25) is 0 Å². The number of benzene rings is 3. The molecule has 0 aromatic heterocycles. The fourth-order valence-corrected chi connectivity index (χ4v) is 4.91. The number of carbonyl (C=O) groups excluding carboxylic acids is 2. The molecule has 0 saturated carbocycles. The van der Waals surface area contributed by atoms with Gasteiger partial charge in [0.05, 0.1) is 17.5 Å². The van der Waals surface area contributed by atoms with Gasteiger partial charge in [0.25, 0.3) is 5.91 Å². The largest absolute Gasteiger partial charge is 0.331 e. The second-order valence-electron chi connectivity index (χ2n) is 10.4. The molecule has 4 nitrogen and oxygen atoms in total. The Morgan fingerprint density at radius 3 is 2.37 bits per heavy atom. The highest BCUT2D eigenvalue weighted by atomic mass is 19.1. The average molecular weight is 473 g/mol. The number of likely N-dealkylation sites (tertiary alicyclic amines) is 1. The van der Waals surface area contributed by atoms with Gasteiger partial charge in [0.1, 0.15) is 5.82 Å². The molecule has 4 rings (SSSR count). The van der Waals surface area contributed by atoms with Crippen molar-refractivity contribution < 1.29 is 14.0 Å². The Bertz CT molecular complexity index is 1200. The van der Waals surface area contributed by atoms with Crippen LogP contribution in [0.3, 0.4) is 0 Å². The third kappa shape index (κ3) is 5.29. The van der Waals surface area contributed by atoms with Gasteiger partial charge in [-0.1, -0.05) is 75.4 Å². The van der Waals surface area contributed by atoms with Crippen molar-refractivity contribution in [3.8, 4) is 0 Å². The van der Waals surface area contributed by atoms with E-state index in [0.29, 0.717) is 24.9 Å². The number of piperidine rings is 1. The summed E-state index contributed by atoms with van der Waals surface area (Å²) in [5.74, 6) is -1.50. The van der Waals surface area contributed by atoms with Crippen LogP contribution in [-0.2, 0) is 10.2 Å². The number of halogens is 1. The Hall–Kier alpha value is -3.47. The zero-order chi connectivity index (χ0) is 25.2. The predicted molar refractivity (Wildman–Crippen MR) is 138 cm³/mol. The monoisotopic (exact) mass is 472 g/mol. The van der Waals surface area contributed by atoms with E-state index in [1.807, 2.05) is 48.5 Å². The van der Waals surface area contributed by atoms with Gasteiger partial charge in [-0.25, -0.2) is 4.39 Å². The van der Waals surface area contributed by atoms with Crippen molar-refractivity contribution in [2.45, 2.75) is 52.0 Å². The molecule has 3 aromatic rings. The van der Waals surface area contributed by atoms with Crippen LogP contribution in [0.4, 0.5) is 10.1 Å². The van der Waals surface area contributed by atoms with E-state index in [9.17, 15) is 14.0 Å². The molecule has 1 aliphatic rings. The zero-order valence-electron chi connectivity index (χ0n) is 20.8. The minimum atomic E-state index is -0.535. The summed E-state index contributed by atoms with van der Waals surface area (Å²) in [6, 6.07) is 21.7. The molecule has 5 heteroatoms. The Labute approximate surface area is 207 Å². The van der Waals surface area contributed by atoms with E-state index in [1.54, 1.807) is 24.0 Å². The highest BCUT2D eigenvalue weighted by Gasteiger charge is 2.40. The van der Waals surface area contributed by atoms with E-state index < -0.39 is 17.8 Å². The number of amides is 2. The third-order valence-electron chi connectivity index (χ3n) is 6.80. The number of aryl methyl sites for hydroxylation is 1. The molecule has 2 atom stereocenters. The summed E-state index contributed by atoms with van der Waals surface area (Å²) in [5.41, 5.74) is 3.37. The van der Waals surface area contributed by atoms with Crippen molar-refractivity contribution in [1.82, 2.24) is 4.90 Å². The van der Waals surface area contributed by atoms with Crippen molar-refractivity contribution in [2.75, 3.05) is 11.9 Å². The van der Waals surface area contributed by atoms with Crippen LogP contribution >= 0.6 is 0 Å². The molecule has 1 fully saturated rings. The summed E-state index contributed by atoms with van der Waals surface area (Å²) in [4.78, 5) is 29.0. The summed E-state index contributed by atoms with van der Waals surface area (Å²) in [6.45, 7) is 8.61. The van der Waals surface area contributed by atoms with E-state index in [0.717, 1.165) is 16.8 Å². The molecule has 1 heterocycles. The fourth-order valence-electron chi connectivity index (χ4n) is 4.91. The van der Waals surface area contributed by atoms with Gasteiger partial charge in [-0.05, 0) is 60.1 Å². The van der Waals surface area contributed by atoms with Crippen LogP contribution in [0.25, 0.3) is 0 Å². The molecule has 1 saturated heterocycles. The molecule has 182 valence electrons. The number of nitrogens with one attached hydrogen (secondary N) is 1. The first-order valence-corrected chi connectivity index (χ1v) is 12.2. The minimum Gasteiger partial charge on any atom is -0.331 e. The Morgan fingerprint density at radius 2 is 1.69 bits per heavy atom. The number of hydrogen-bond donors (Lipinski definition) is 1. The fraction of sp³-hybridized carbons (Fsp3) is 0.333. The zero-order valence-corrected chi connectivity index (χ0v) is 20.8. The van der Waals surface area contributed by atoms with Gasteiger partial charge in [-0.3, -0.25) is 9.59 Å². The van der Waals surface area contributed by atoms with Crippen molar-refractivity contribution in [3.63, 3.8) is 0 Å². The van der Waals surface area contributed by atoms with Gasteiger partial charge >= 0.3 is 0 Å². The Kier molecular flexibility index (Phi) is 7.06. The molecule has 0 bridgehead atoms. The standard InChI is InChI=1S/C30H33FN2O2/c1-20-11-8-17-25(31)26(20)29(35)33-18-10-16-24(27(33)21-12-6-5-7-13-21)28(34)32-23-15-9-14-22(19-23)30(2,3)4/h5-9,11-15,17,19,24,27H,10,16,18H2,1-4H3,(H,32,34)/t24-,27?/m0/s1. The maximum absolute atomic E-state index is 14.7. The highest BCUT2D eigenvalue weighted by molar-refractivity contribution is 5.98. The van der Waals surface area contributed by atoms with E-state index >= 15 is 0 Å². The quantitative estimate of drug-likeness (QED) is 0.461. The van der Waals surface area contributed by atoms with Gasteiger partial charge in [0.15, 0.2) is 0 Å². The maximum atomic E-state index is 14.7. The lowest BCUT2D eigenvalue weighted by Gasteiger charge is -2.41. The van der Waals surface area contributed by atoms with Gasteiger partial charge in [-0.2, -0.15) is 0 Å². The molecule has 0 spiro atoms. The Balaban J connectivity index is 1.68. The number of rotatable bonds is 4. The Morgan fingerprint density at radius 1 is 0.971 bits per heavy atom. The number of hydrogen-bond acceptors (Lipinski definition) is 2. The van der Waals surface area contributed by atoms with Crippen LogP contribution in [-0.4, -0.2) is 23.3 Å². The molecule has 0 radical (unpaired) electrons. The SMILES string of the molecule is Cc1cccc(F)c1C(=O)N1CCC[C@H](C(=O)Nc2cccc(C(C)(C)C)c2)C1c1ccccc1. The van der Waals surface area contributed by atoms with Gasteiger partial charge in [0, 0.05) is 12.2 Å². The lowest BCUT2D eigenvalue weighted by atomic mass is 9.83. The topological polar surface area (TPSA) is 49.4 Å². The highest BCUT2D eigenvalue weighted by Crippen LogP contribution is 2.38. The molecular formula is C30H33FN2O2. The van der Waals surface area contributed by atoms with E-state index in [2.05, 4.69) is 32.2 Å². The summed E-state index contributed by atoms with van der Waals surface area (Å²) >= 11 is 0. The molecule has 1 unspecified atom stereocenters. The number of nitrogens with zero attached hydrogens (tertiary/aromatic N) is 1. The molecular weight excluding hydrogens is 439 g/mol. The lowest BCUT2D eigenvalue weighted by Crippen LogP contribution is -2.46.